The number of rotatable bonds is 5. The van der Waals surface area contributed by atoms with Gasteiger partial charge in [0.05, 0.1) is 12.0 Å². The highest BCUT2D eigenvalue weighted by atomic mass is 35.7. The van der Waals surface area contributed by atoms with Crippen molar-refractivity contribution in [1.82, 2.24) is 0 Å². The highest BCUT2D eigenvalue weighted by molar-refractivity contribution is 8.13. The van der Waals surface area contributed by atoms with E-state index in [1.807, 2.05) is 6.07 Å². The number of halogens is 1. The van der Waals surface area contributed by atoms with Crippen LogP contribution >= 0.6 is 10.7 Å². The molecule has 22 heavy (non-hydrogen) atoms. The Bertz CT molecular complexity index is 811. The Morgan fingerprint density at radius 3 is 2.41 bits per heavy atom. The summed E-state index contributed by atoms with van der Waals surface area (Å²) < 4.78 is 27.9. The summed E-state index contributed by atoms with van der Waals surface area (Å²) in [5.41, 5.74) is 0.993. The summed E-state index contributed by atoms with van der Waals surface area (Å²) in [6, 6.07) is 12.9. The summed E-state index contributed by atoms with van der Waals surface area (Å²) in [6.45, 7) is 0. The average molecular weight is 337 g/mol. The van der Waals surface area contributed by atoms with Crippen LogP contribution in [0.4, 0.5) is 0 Å². The Balaban J connectivity index is 2.35. The fraction of sp³-hybridized carbons (Fsp3) is 0.0625. The first-order chi connectivity index (χ1) is 10.4. The fourth-order valence-corrected chi connectivity index (χ4v) is 2.64. The molecule has 0 saturated carbocycles. The minimum atomic E-state index is -3.84. The SMILES string of the molecule is COc1ccc(S(=O)(=O)Cl)cc1/C=C/C(=O)c1ccccc1. The molecule has 0 aliphatic carbocycles. The molecule has 0 atom stereocenters. The van der Waals surface area contributed by atoms with Gasteiger partial charge in [0.15, 0.2) is 5.78 Å². The van der Waals surface area contributed by atoms with Gasteiger partial charge in [0.25, 0.3) is 9.05 Å². The molecular formula is C16H13ClO4S. The van der Waals surface area contributed by atoms with Crippen molar-refractivity contribution in [2.45, 2.75) is 4.90 Å². The molecule has 0 radical (unpaired) electrons. The van der Waals surface area contributed by atoms with Gasteiger partial charge in [0.1, 0.15) is 5.75 Å². The van der Waals surface area contributed by atoms with Gasteiger partial charge < -0.3 is 4.74 Å². The van der Waals surface area contributed by atoms with Gasteiger partial charge in [-0.2, -0.15) is 0 Å². The van der Waals surface area contributed by atoms with Crippen LogP contribution in [-0.2, 0) is 9.05 Å². The standard InChI is InChI=1S/C16H13ClO4S/c1-21-16-10-8-14(22(17,19)20)11-13(16)7-9-15(18)12-5-3-2-4-6-12/h2-11H,1H3/b9-7+. The third-order valence-corrected chi connectivity index (χ3v) is 4.31. The number of ketones is 1. The summed E-state index contributed by atoms with van der Waals surface area (Å²) in [4.78, 5) is 12.0. The summed E-state index contributed by atoms with van der Waals surface area (Å²) >= 11 is 0. The quantitative estimate of drug-likeness (QED) is 0.476. The predicted molar refractivity (Wildman–Crippen MR) is 85.8 cm³/mol. The van der Waals surface area contributed by atoms with E-state index in [-0.39, 0.29) is 10.7 Å². The molecule has 2 aromatic rings. The van der Waals surface area contributed by atoms with E-state index in [0.29, 0.717) is 16.9 Å². The van der Waals surface area contributed by atoms with Crippen LogP contribution in [0.5, 0.6) is 5.75 Å². The van der Waals surface area contributed by atoms with Crippen LogP contribution < -0.4 is 4.74 Å². The monoisotopic (exact) mass is 336 g/mol. The highest BCUT2D eigenvalue weighted by Gasteiger charge is 2.12. The van der Waals surface area contributed by atoms with Crippen LogP contribution in [0.15, 0.2) is 59.5 Å². The normalized spacial score (nSPS) is 11.5. The molecule has 0 spiro atoms. The smallest absolute Gasteiger partial charge is 0.261 e. The lowest BCUT2D eigenvalue weighted by Gasteiger charge is -2.06. The number of carbonyl (C=O) groups is 1. The first-order valence-electron chi connectivity index (χ1n) is 6.32. The van der Waals surface area contributed by atoms with E-state index in [2.05, 4.69) is 0 Å². The van der Waals surface area contributed by atoms with Crippen LogP contribution in [0, 0.1) is 0 Å². The molecule has 0 aromatic heterocycles. The molecule has 2 rings (SSSR count). The van der Waals surface area contributed by atoms with E-state index in [4.69, 9.17) is 15.4 Å². The van der Waals surface area contributed by atoms with Crippen LogP contribution in [0.2, 0.25) is 0 Å². The van der Waals surface area contributed by atoms with Gasteiger partial charge in [0.2, 0.25) is 0 Å². The Labute approximate surface area is 133 Å². The van der Waals surface area contributed by atoms with Crippen LogP contribution in [0.3, 0.4) is 0 Å². The first kappa shape index (κ1) is 16.3. The molecule has 0 heterocycles. The van der Waals surface area contributed by atoms with E-state index in [1.165, 1.54) is 37.5 Å². The molecule has 0 N–H and O–H groups in total. The zero-order valence-electron chi connectivity index (χ0n) is 11.7. The van der Waals surface area contributed by atoms with E-state index in [9.17, 15) is 13.2 Å². The van der Waals surface area contributed by atoms with E-state index >= 15 is 0 Å². The molecule has 114 valence electrons. The number of hydrogen-bond acceptors (Lipinski definition) is 4. The molecule has 0 aliphatic rings. The Hall–Kier alpha value is -2.11. The number of hydrogen-bond donors (Lipinski definition) is 0. The molecular weight excluding hydrogens is 324 g/mol. The number of ether oxygens (including phenoxy) is 1. The zero-order valence-corrected chi connectivity index (χ0v) is 13.3. The van der Waals surface area contributed by atoms with Gasteiger partial charge in [-0.25, -0.2) is 8.42 Å². The topological polar surface area (TPSA) is 60.4 Å². The minimum absolute atomic E-state index is 0.0539. The van der Waals surface area contributed by atoms with Gasteiger partial charge in [-0.1, -0.05) is 30.3 Å². The highest BCUT2D eigenvalue weighted by Crippen LogP contribution is 2.25. The lowest BCUT2D eigenvalue weighted by atomic mass is 10.1. The lowest BCUT2D eigenvalue weighted by Crippen LogP contribution is -1.95. The number of allylic oxidation sites excluding steroid dienone is 1. The van der Waals surface area contributed by atoms with Gasteiger partial charge in [-0.05, 0) is 30.4 Å². The van der Waals surface area contributed by atoms with Gasteiger partial charge in [0, 0.05) is 21.8 Å². The molecule has 0 aliphatic heterocycles. The second-order valence-corrected chi connectivity index (χ2v) is 6.97. The molecule has 0 amide bonds. The molecule has 0 unspecified atom stereocenters. The maximum atomic E-state index is 12.0. The number of benzene rings is 2. The maximum Gasteiger partial charge on any atom is 0.261 e. The van der Waals surface area contributed by atoms with Crippen molar-refractivity contribution >= 4 is 31.6 Å². The molecule has 2 aromatic carbocycles. The largest absolute Gasteiger partial charge is 0.496 e. The number of methoxy groups -OCH3 is 1. The average Bonchev–Trinajstić information content (AvgIpc) is 2.52. The summed E-state index contributed by atoms with van der Waals surface area (Å²) in [5, 5.41) is 0. The molecule has 0 fully saturated rings. The molecule has 0 bridgehead atoms. The van der Waals surface area contributed by atoms with Crippen LogP contribution in [0.1, 0.15) is 15.9 Å². The number of carbonyl (C=O) groups excluding carboxylic acids is 1. The van der Waals surface area contributed by atoms with Gasteiger partial charge >= 0.3 is 0 Å². The maximum absolute atomic E-state index is 12.0. The minimum Gasteiger partial charge on any atom is -0.496 e. The first-order valence-corrected chi connectivity index (χ1v) is 8.63. The summed E-state index contributed by atoms with van der Waals surface area (Å²) in [5.74, 6) is 0.253. The van der Waals surface area contributed by atoms with Crippen molar-refractivity contribution in [3.63, 3.8) is 0 Å². The summed E-state index contributed by atoms with van der Waals surface area (Å²) in [7, 11) is 2.94. The Morgan fingerprint density at radius 2 is 1.82 bits per heavy atom. The third-order valence-electron chi connectivity index (χ3n) is 2.96. The van der Waals surface area contributed by atoms with Gasteiger partial charge in [-0.15, -0.1) is 0 Å². The Kier molecular flexibility index (Phi) is 5.00. The second kappa shape index (κ2) is 6.77. The van der Waals surface area contributed by atoms with E-state index < -0.39 is 9.05 Å². The van der Waals surface area contributed by atoms with Gasteiger partial charge in [-0.3, -0.25) is 4.79 Å². The van der Waals surface area contributed by atoms with Crippen LogP contribution in [0.25, 0.3) is 6.08 Å². The molecule has 6 heteroatoms. The molecule has 4 nitrogen and oxygen atoms in total. The van der Waals surface area contributed by atoms with Crippen molar-refractivity contribution in [3.05, 3.63) is 65.7 Å². The van der Waals surface area contributed by atoms with Crippen molar-refractivity contribution in [2.75, 3.05) is 7.11 Å². The fourth-order valence-electron chi connectivity index (χ4n) is 1.86. The Morgan fingerprint density at radius 1 is 1.14 bits per heavy atom. The van der Waals surface area contributed by atoms with Crippen molar-refractivity contribution in [3.8, 4) is 5.75 Å². The van der Waals surface area contributed by atoms with Crippen molar-refractivity contribution < 1.29 is 17.9 Å². The van der Waals surface area contributed by atoms with Crippen molar-refractivity contribution in [1.29, 1.82) is 0 Å². The van der Waals surface area contributed by atoms with Crippen LogP contribution in [-0.4, -0.2) is 21.3 Å². The second-order valence-electron chi connectivity index (χ2n) is 4.41. The summed E-state index contributed by atoms with van der Waals surface area (Å²) in [6.07, 6.45) is 2.86. The predicted octanol–water partition coefficient (Wildman–Crippen LogP) is 3.52. The van der Waals surface area contributed by atoms with E-state index in [0.717, 1.165) is 0 Å². The lowest BCUT2D eigenvalue weighted by molar-refractivity contribution is 0.104. The van der Waals surface area contributed by atoms with E-state index in [1.54, 1.807) is 24.3 Å². The third kappa shape index (κ3) is 3.96. The zero-order chi connectivity index (χ0) is 16.2. The molecule has 0 saturated heterocycles. The van der Waals surface area contributed by atoms with Crippen molar-refractivity contribution in [2.24, 2.45) is 0 Å².